The molecule has 0 unspecified atom stereocenters. The third kappa shape index (κ3) is 52.1. The van der Waals surface area contributed by atoms with E-state index in [2.05, 4.69) is 19.2 Å². The number of hydrogen-bond donors (Lipinski definition) is 3. The van der Waals surface area contributed by atoms with Crippen molar-refractivity contribution in [1.82, 2.24) is 5.32 Å². The van der Waals surface area contributed by atoms with Gasteiger partial charge in [0.25, 0.3) is 0 Å². The third-order valence-corrected chi connectivity index (χ3v) is 14.3. The predicted molar refractivity (Wildman–Crippen MR) is 286 cm³/mol. The summed E-state index contributed by atoms with van der Waals surface area (Å²) in [5.41, 5.74) is 0. The molecule has 1 amide bonds. The van der Waals surface area contributed by atoms with E-state index in [1.54, 1.807) is 6.08 Å². The molecule has 0 aliphatic heterocycles. The molecule has 3 N–H and O–H groups in total. The molecule has 0 aromatic carbocycles. The molecule has 0 radical (unpaired) electrons. The van der Waals surface area contributed by atoms with Gasteiger partial charge in [0.2, 0.25) is 5.91 Å². The normalized spacial score (nSPS) is 12.8. The second kappa shape index (κ2) is 56.5. The zero-order chi connectivity index (χ0) is 46.3. The Morgan fingerprint density at radius 3 is 0.812 bits per heavy atom. The lowest BCUT2D eigenvalue weighted by Crippen LogP contribution is -2.45. The van der Waals surface area contributed by atoms with E-state index < -0.39 is 12.1 Å². The van der Waals surface area contributed by atoms with Crippen LogP contribution >= 0.6 is 0 Å². The monoisotopic (exact) mass is 902 g/mol. The molecule has 382 valence electrons. The Kier molecular flexibility index (Phi) is 55.7. The van der Waals surface area contributed by atoms with Crippen molar-refractivity contribution >= 4 is 5.91 Å². The topological polar surface area (TPSA) is 69.6 Å². The largest absolute Gasteiger partial charge is 0.394 e. The molecule has 0 saturated heterocycles. The number of aliphatic hydroxyl groups is 2. The van der Waals surface area contributed by atoms with Crippen molar-refractivity contribution in [3.63, 3.8) is 0 Å². The maximum absolute atomic E-state index is 12.5. The van der Waals surface area contributed by atoms with Gasteiger partial charge in [0.05, 0.1) is 18.8 Å². The molecule has 4 nitrogen and oxygen atoms in total. The Morgan fingerprint density at radius 1 is 0.359 bits per heavy atom. The van der Waals surface area contributed by atoms with Crippen LogP contribution in [-0.2, 0) is 4.79 Å². The maximum atomic E-state index is 12.5. The average molecular weight is 903 g/mol. The fraction of sp³-hybridized carbons (Fsp3) is 0.950. The van der Waals surface area contributed by atoms with Crippen molar-refractivity contribution in [1.29, 1.82) is 0 Å². The quantitative estimate of drug-likeness (QED) is 0.0421. The van der Waals surface area contributed by atoms with Crippen molar-refractivity contribution < 1.29 is 15.0 Å². The van der Waals surface area contributed by atoms with E-state index in [1.165, 1.54) is 302 Å². The summed E-state index contributed by atoms with van der Waals surface area (Å²) in [5, 5.41) is 23.1. The van der Waals surface area contributed by atoms with Crippen LogP contribution in [0.1, 0.15) is 348 Å². The minimum Gasteiger partial charge on any atom is -0.394 e. The summed E-state index contributed by atoms with van der Waals surface area (Å²) in [5.74, 6) is -0.0559. The summed E-state index contributed by atoms with van der Waals surface area (Å²) in [6.07, 6.45) is 74.1. The number of carbonyl (C=O) groups is 1. The Balaban J connectivity index is 3.37. The van der Waals surface area contributed by atoms with Gasteiger partial charge in [0.15, 0.2) is 0 Å². The fourth-order valence-corrected chi connectivity index (χ4v) is 9.71. The first-order chi connectivity index (χ1) is 31.7. The zero-order valence-electron chi connectivity index (χ0n) is 44.1. The lowest BCUT2D eigenvalue weighted by molar-refractivity contribution is -0.123. The van der Waals surface area contributed by atoms with Crippen LogP contribution in [0.25, 0.3) is 0 Å². The van der Waals surface area contributed by atoms with E-state index in [0.717, 1.165) is 25.7 Å². The van der Waals surface area contributed by atoms with Gasteiger partial charge in [-0.3, -0.25) is 4.79 Å². The van der Waals surface area contributed by atoms with Crippen LogP contribution in [0.15, 0.2) is 12.2 Å². The van der Waals surface area contributed by atoms with Crippen LogP contribution in [0.4, 0.5) is 0 Å². The molecule has 0 heterocycles. The SMILES string of the molecule is CCCCCCCCCCCCCCCC/C=C/[C@@H](O)[C@H](CO)NC(=O)CCCCCCCCCCCCCCCCCCCCCCCCCCCCCCCCCCCCCC. The minimum absolute atomic E-state index is 0.0559. The standard InChI is InChI=1S/C60H119NO3/c1-3-5-7-9-11-13-15-17-19-21-22-23-24-25-26-27-28-29-30-31-32-33-34-35-36-37-38-39-40-42-44-46-48-50-52-54-56-60(64)61-58(57-62)59(63)55-53-51-49-47-45-43-41-20-18-16-14-12-10-8-6-4-2/h53,55,58-59,62-63H,3-52,54,56-57H2,1-2H3,(H,61,64)/b55-53+/t58-,59+/m0/s1. The van der Waals surface area contributed by atoms with E-state index in [0.29, 0.717) is 6.42 Å². The van der Waals surface area contributed by atoms with E-state index in [4.69, 9.17) is 0 Å². The van der Waals surface area contributed by atoms with Crippen LogP contribution in [0.3, 0.4) is 0 Å². The number of allylic oxidation sites excluding steroid dienone is 1. The van der Waals surface area contributed by atoms with Crippen molar-refractivity contribution in [3.05, 3.63) is 12.2 Å². The first-order valence-corrected chi connectivity index (χ1v) is 29.9. The van der Waals surface area contributed by atoms with Gasteiger partial charge in [0, 0.05) is 6.42 Å². The molecule has 0 fully saturated rings. The van der Waals surface area contributed by atoms with E-state index >= 15 is 0 Å². The highest BCUT2D eigenvalue weighted by Crippen LogP contribution is 2.18. The van der Waals surface area contributed by atoms with Crippen LogP contribution in [0, 0.1) is 0 Å². The summed E-state index contributed by atoms with van der Waals surface area (Å²) in [6.45, 7) is 4.35. The Labute approximate surface area is 403 Å². The van der Waals surface area contributed by atoms with Crippen LogP contribution < -0.4 is 5.32 Å². The molecule has 0 aliphatic rings. The summed E-state index contributed by atoms with van der Waals surface area (Å²) in [4.78, 5) is 12.5. The van der Waals surface area contributed by atoms with E-state index in [9.17, 15) is 15.0 Å². The van der Waals surface area contributed by atoms with Crippen molar-refractivity contribution in [2.24, 2.45) is 0 Å². The summed E-state index contributed by atoms with van der Waals surface area (Å²) >= 11 is 0. The lowest BCUT2D eigenvalue weighted by Gasteiger charge is -2.20. The Morgan fingerprint density at radius 2 is 0.578 bits per heavy atom. The van der Waals surface area contributed by atoms with Gasteiger partial charge < -0.3 is 15.5 Å². The molecular formula is C60H119NO3. The van der Waals surface area contributed by atoms with Gasteiger partial charge in [-0.15, -0.1) is 0 Å². The number of unbranched alkanes of at least 4 members (excludes halogenated alkanes) is 49. The molecule has 0 spiro atoms. The Hall–Kier alpha value is -0.870. The van der Waals surface area contributed by atoms with E-state index in [-0.39, 0.29) is 12.5 Å². The first kappa shape index (κ1) is 63.1. The lowest BCUT2D eigenvalue weighted by atomic mass is 10.0. The molecule has 4 heteroatoms. The van der Waals surface area contributed by atoms with Gasteiger partial charge in [-0.1, -0.05) is 334 Å². The highest BCUT2D eigenvalue weighted by Gasteiger charge is 2.18. The van der Waals surface area contributed by atoms with Gasteiger partial charge in [-0.25, -0.2) is 0 Å². The molecule has 0 bridgehead atoms. The molecule has 0 aromatic rings. The van der Waals surface area contributed by atoms with Crippen molar-refractivity contribution in [2.75, 3.05) is 6.61 Å². The average Bonchev–Trinajstić information content (AvgIpc) is 3.30. The molecule has 0 aliphatic carbocycles. The highest BCUT2D eigenvalue weighted by molar-refractivity contribution is 5.76. The summed E-state index contributed by atoms with van der Waals surface area (Å²) < 4.78 is 0. The number of amides is 1. The molecule has 0 rings (SSSR count). The molecule has 0 saturated carbocycles. The number of aliphatic hydroxyl groups excluding tert-OH is 2. The number of rotatable bonds is 56. The number of nitrogens with one attached hydrogen (secondary N) is 1. The van der Waals surface area contributed by atoms with Crippen LogP contribution in [0.5, 0.6) is 0 Å². The highest BCUT2D eigenvalue weighted by atomic mass is 16.3. The van der Waals surface area contributed by atoms with Gasteiger partial charge in [0.1, 0.15) is 0 Å². The van der Waals surface area contributed by atoms with Crippen molar-refractivity contribution in [3.8, 4) is 0 Å². The second-order valence-corrected chi connectivity index (χ2v) is 20.8. The molecule has 2 atom stereocenters. The van der Waals surface area contributed by atoms with Crippen LogP contribution in [-0.4, -0.2) is 34.9 Å². The Bertz CT molecular complexity index is 890. The molecular weight excluding hydrogens is 783 g/mol. The summed E-state index contributed by atoms with van der Waals surface area (Å²) in [7, 11) is 0. The van der Waals surface area contributed by atoms with E-state index in [1.807, 2.05) is 6.08 Å². The zero-order valence-corrected chi connectivity index (χ0v) is 44.1. The first-order valence-electron chi connectivity index (χ1n) is 29.9. The van der Waals surface area contributed by atoms with Gasteiger partial charge in [-0.05, 0) is 19.3 Å². The fourth-order valence-electron chi connectivity index (χ4n) is 9.71. The second-order valence-electron chi connectivity index (χ2n) is 20.8. The molecule has 0 aromatic heterocycles. The minimum atomic E-state index is -0.835. The third-order valence-electron chi connectivity index (χ3n) is 14.3. The number of carbonyl (C=O) groups excluding carboxylic acids is 1. The molecule has 64 heavy (non-hydrogen) atoms. The smallest absolute Gasteiger partial charge is 0.220 e. The van der Waals surface area contributed by atoms with Crippen LogP contribution in [0.2, 0.25) is 0 Å². The number of hydrogen-bond acceptors (Lipinski definition) is 3. The van der Waals surface area contributed by atoms with Crippen molar-refractivity contribution in [2.45, 2.75) is 360 Å². The summed E-state index contributed by atoms with van der Waals surface area (Å²) in [6, 6.07) is -0.618. The predicted octanol–water partition coefficient (Wildman–Crippen LogP) is 19.7. The maximum Gasteiger partial charge on any atom is 0.220 e. The van der Waals surface area contributed by atoms with Gasteiger partial charge in [-0.2, -0.15) is 0 Å². The van der Waals surface area contributed by atoms with Gasteiger partial charge >= 0.3 is 0 Å².